The van der Waals surface area contributed by atoms with Crippen LogP contribution in [0.5, 0.6) is 5.75 Å². The lowest BCUT2D eigenvalue weighted by Crippen LogP contribution is -2.30. The highest BCUT2D eigenvalue weighted by Crippen LogP contribution is 2.45. The molecular weight excluding hydrogens is 368 g/mol. The van der Waals surface area contributed by atoms with Crippen molar-refractivity contribution in [2.45, 2.75) is 18.9 Å². The van der Waals surface area contributed by atoms with E-state index >= 15 is 0 Å². The maximum Gasteiger partial charge on any atom is 0.254 e. The lowest BCUT2D eigenvalue weighted by atomic mass is 9.88. The summed E-state index contributed by atoms with van der Waals surface area (Å²) < 4.78 is 11.4. The van der Waals surface area contributed by atoms with E-state index in [9.17, 15) is 9.59 Å². The van der Waals surface area contributed by atoms with Gasteiger partial charge in [-0.3, -0.25) is 9.59 Å². The maximum atomic E-state index is 13.0. The molecule has 6 heteroatoms. The molecule has 4 atom stereocenters. The third-order valence-corrected chi connectivity index (χ3v) is 6.44. The topological polar surface area (TPSA) is 76.7 Å². The Morgan fingerprint density at radius 1 is 1.00 bits per heavy atom. The number of ether oxygens (including phenoxy) is 2. The zero-order valence-electron chi connectivity index (χ0n) is 16.5. The number of nitrogens with one attached hydrogen (secondary N) is 2. The molecule has 2 fully saturated rings. The summed E-state index contributed by atoms with van der Waals surface area (Å²) in [4.78, 5) is 25.5. The van der Waals surface area contributed by atoms with Crippen LogP contribution in [0.25, 0.3) is 0 Å². The van der Waals surface area contributed by atoms with Crippen LogP contribution in [0.15, 0.2) is 36.4 Å². The summed E-state index contributed by atoms with van der Waals surface area (Å²) in [5.74, 6) is 1.03. The number of fused-ring (bicyclic) bond motifs is 2. The normalized spacial score (nSPS) is 26.3. The van der Waals surface area contributed by atoms with Crippen molar-refractivity contribution in [2.75, 3.05) is 26.9 Å². The molecule has 2 aromatic rings. The van der Waals surface area contributed by atoms with Gasteiger partial charge < -0.3 is 20.1 Å². The molecule has 150 valence electrons. The van der Waals surface area contributed by atoms with Crippen LogP contribution in [0.2, 0.25) is 0 Å². The summed E-state index contributed by atoms with van der Waals surface area (Å²) >= 11 is 0. The Morgan fingerprint density at radius 2 is 1.76 bits per heavy atom. The van der Waals surface area contributed by atoms with Gasteiger partial charge in [0.25, 0.3) is 11.8 Å². The average Bonchev–Trinajstić information content (AvgIpc) is 3.09. The number of carbonyl (C=O) groups excluding carboxylic acids is 2. The monoisotopic (exact) mass is 392 g/mol. The zero-order chi connectivity index (χ0) is 20.1. The molecule has 0 bridgehead atoms. The van der Waals surface area contributed by atoms with Crippen molar-refractivity contribution in [3.05, 3.63) is 64.2 Å². The number of amides is 2. The fourth-order valence-electron chi connectivity index (χ4n) is 4.69. The molecule has 2 heterocycles. The van der Waals surface area contributed by atoms with E-state index in [0.29, 0.717) is 48.5 Å². The highest BCUT2D eigenvalue weighted by Gasteiger charge is 2.54. The van der Waals surface area contributed by atoms with E-state index in [1.54, 1.807) is 13.1 Å². The number of benzene rings is 2. The molecule has 0 spiro atoms. The molecule has 2 N–H and O–H groups in total. The van der Waals surface area contributed by atoms with Crippen LogP contribution in [0.4, 0.5) is 0 Å². The van der Waals surface area contributed by atoms with Crippen molar-refractivity contribution >= 4 is 11.8 Å². The first kappa shape index (κ1) is 18.2. The van der Waals surface area contributed by atoms with Crippen LogP contribution in [0, 0.1) is 18.8 Å². The highest BCUT2D eigenvalue weighted by atomic mass is 16.5. The zero-order valence-corrected chi connectivity index (χ0v) is 16.5. The van der Waals surface area contributed by atoms with Crippen LogP contribution < -0.4 is 15.4 Å². The van der Waals surface area contributed by atoms with Crippen molar-refractivity contribution in [3.8, 4) is 5.75 Å². The molecule has 5 rings (SSSR count). The second-order valence-corrected chi connectivity index (χ2v) is 8.11. The van der Waals surface area contributed by atoms with E-state index in [1.165, 1.54) is 0 Å². The predicted molar refractivity (Wildman–Crippen MR) is 107 cm³/mol. The molecule has 1 unspecified atom stereocenters. The molecule has 2 aliphatic heterocycles. The third kappa shape index (κ3) is 2.99. The van der Waals surface area contributed by atoms with E-state index in [2.05, 4.69) is 29.7 Å². The van der Waals surface area contributed by atoms with Gasteiger partial charge in [-0.25, -0.2) is 0 Å². The molecule has 3 aliphatic rings. The lowest BCUT2D eigenvalue weighted by molar-refractivity contribution is 0.0929. The maximum absolute atomic E-state index is 13.0. The molecule has 0 radical (unpaired) electrons. The van der Waals surface area contributed by atoms with Crippen LogP contribution >= 0.6 is 0 Å². The van der Waals surface area contributed by atoms with Gasteiger partial charge in [0.1, 0.15) is 5.75 Å². The Labute approximate surface area is 169 Å². The van der Waals surface area contributed by atoms with Gasteiger partial charge in [-0.2, -0.15) is 0 Å². The fourth-order valence-corrected chi connectivity index (χ4v) is 4.69. The molecule has 2 amide bonds. The summed E-state index contributed by atoms with van der Waals surface area (Å²) in [5.41, 5.74) is 4.12. The van der Waals surface area contributed by atoms with Crippen LogP contribution in [0.1, 0.15) is 43.3 Å². The summed E-state index contributed by atoms with van der Waals surface area (Å²) in [6, 6.07) is 11.9. The Hall–Kier alpha value is -2.86. The van der Waals surface area contributed by atoms with Crippen molar-refractivity contribution < 1.29 is 19.1 Å². The van der Waals surface area contributed by atoms with Gasteiger partial charge in [0.05, 0.1) is 25.4 Å². The molecule has 0 aromatic heterocycles. The van der Waals surface area contributed by atoms with Crippen molar-refractivity contribution in [1.82, 2.24) is 10.6 Å². The Kier molecular flexibility index (Phi) is 4.32. The van der Waals surface area contributed by atoms with E-state index in [1.807, 2.05) is 18.2 Å². The van der Waals surface area contributed by atoms with Crippen molar-refractivity contribution in [2.24, 2.45) is 11.8 Å². The van der Waals surface area contributed by atoms with Gasteiger partial charge in [0.2, 0.25) is 0 Å². The van der Waals surface area contributed by atoms with Gasteiger partial charge in [-0.15, -0.1) is 0 Å². The Bertz CT molecular complexity index is 992. The third-order valence-electron chi connectivity index (χ3n) is 6.44. The highest BCUT2D eigenvalue weighted by molar-refractivity contribution is 6.02. The molecule has 6 nitrogen and oxygen atoms in total. The van der Waals surface area contributed by atoms with Crippen LogP contribution in [0.3, 0.4) is 0 Å². The molecule has 1 saturated heterocycles. The number of rotatable bonds is 4. The van der Waals surface area contributed by atoms with Crippen molar-refractivity contribution in [3.63, 3.8) is 0 Å². The number of carbonyl (C=O) groups is 2. The minimum absolute atomic E-state index is 0.00365. The number of hydrogen-bond donors (Lipinski definition) is 2. The standard InChI is InChI=1S/C23H24N2O4/c1-12-5-3-4-6-14(12)17-11-29-21-15(17)7-13(8-16(21)23(27)24-2)22(26)25-20-18-9-28-10-19(18)20/h3-8,17-20H,9-11H2,1-2H3,(H,24,27)(H,25,26)/t17-,18-,19+,20?/m1/s1. The fraction of sp³-hybridized carbons (Fsp3) is 0.391. The predicted octanol–water partition coefficient (Wildman–Crippen LogP) is 2.25. The second-order valence-electron chi connectivity index (χ2n) is 8.11. The minimum Gasteiger partial charge on any atom is -0.491 e. The first-order chi connectivity index (χ1) is 14.1. The SMILES string of the molecule is CNC(=O)c1cc(C(=O)NC2[C@H]3COC[C@@H]23)cc2c1OC[C@@H]2c1ccccc1C. The molecular formula is C23H24N2O4. The van der Waals surface area contributed by atoms with E-state index < -0.39 is 0 Å². The average molecular weight is 392 g/mol. The smallest absolute Gasteiger partial charge is 0.254 e. The minimum atomic E-state index is -0.252. The number of hydrogen-bond acceptors (Lipinski definition) is 4. The summed E-state index contributed by atoms with van der Waals surface area (Å²) in [6.45, 7) is 3.95. The second kappa shape index (κ2) is 6.88. The molecule has 29 heavy (non-hydrogen) atoms. The Morgan fingerprint density at radius 3 is 2.48 bits per heavy atom. The number of aryl methyl sites for hydroxylation is 1. The largest absolute Gasteiger partial charge is 0.491 e. The van der Waals surface area contributed by atoms with Gasteiger partial charge in [0, 0.05) is 42.0 Å². The quantitative estimate of drug-likeness (QED) is 0.837. The van der Waals surface area contributed by atoms with Crippen LogP contribution in [-0.4, -0.2) is 44.7 Å². The summed E-state index contributed by atoms with van der Waals surface area (Å²) in [5, 5.41) is 5.78. The van der Waals surface area contributed by atoms with E-state index in [-0.39, 0.29) is 23.8 Å². The van der Waals surface area contributed by atoms with Crippen molar-refractivity contribution in [1.29, 1.82) is 0 Å². The Balaban J connectivity index is 1.51. The van der Waals surface area contributed by atoms with Crippen LogP contribution in [-0.2, 0) is 4.74 Å². The van der Waals surface area contributed by atoms with Gasteiger partial charge in [-0.05, 0) is 30.2 Å². The van der Waals surface area contributed by atoms with E-state index in [4.69, 9.17) is 9.47 Å². The first-order valence-electron chi connectivity index (χ1n) is 10.1. The first-order valence-corrected chi connectivity index (χ1v) is 10.1. The van der Waals surface area contributed by atoms with E-state index in [0.717, 1.165) is 16.7 Å². The van der Waals surface area contributed by atoms with Gasteiger partial charge in [-0.1, -0.05) is 24.3 Å². The molecule has 1 saturated carbocycles. The van der Waals surface area contributed by atoms with Gasteiger partial charge in [0.15, 0.2) is 0 Å². The molecule has 2 aromatic carbocycles. The lowest BCUT2D eigenvalue weighted by Gasteiger charge is -2.15. The molecule has 1 aliphatic carbocycles. The summed E-state index contributed by atoms with van der Waals surface area (Å²) in [6.07, 6.45) is 0. The summed E-state index contributed by atoms with van der Waals surface area (Å²) in [7, 11) is 1.58. The van der Waals surface area contributed by atoms with Gasteiger partial charge >= 0.3 is 0 Å².